The SMILES string of the molecule is CC[Si](C#C[C@H](C#CCn1c2ccccc2c2ccccc21)CCc1ccccc1)(CC)CC. The van der Waals surface area contributed by atoms with Gasteiger partial charge < -0.3 is 4.57 Å². The van der Waals surface area contributed by atoms with E-state index in [-0.39, 0.29) is 5.92 Å². The molecule has 1 nitrogen and oxygen atoms in total. The van der Waals surface area contributed by atoms with Crippen molar-refractivity contribution >= 4 is 29.9 Å². The van der Waals surface area contributed by atoms with Gasteiger partial charge in [-0.1, -0.05) is 105 Å². The second-order valence-corrected chi connectivity index (χ2v) is 14.1. The first-order valence-corrected chi connectivity index (χ1v) is 15.3. The van der Waals surface area contributed by atoms with Crippen molar-refractivity contribution in [2.75, 3.05) is 0 Å². The van der Waals surface area contributed by atoms with Crippen LogP contribution < -0.4 is 0 Å². The largest absolute Gasteiger partial charge is 0.329 e. The van der Waals surface area contributed by atoms with Crippen molar-refractivity contribution in [3.05, 3.63) is 84.4 Å². The van der Waals surface area contributed by atoms with E-state index in [0.29, 0.717) is 6.54 Å². The summed E-state index contributed by atoms with van der Waals surface area (Å²) in [5.74, 6) is 10.9. The Morgan fingerprint density at radius 1 is 0.706 bits per heavy atom. The summed E-state index contributed by atoms with van der Waals surface area (Å²) in [7, 11) is -1.49. The highest BCUT2D eigenvalue weighted by atomic mass is 28.3. The van der Waals surface area contributed by atoms with E-state index in [1.165, 1.54) is 45.5 Å². The van der Waals surface area contributed by atoms with Crippen molar-refractivity contribution in [1.29, 1.82) is 0 Å². The Hall–Kier alpha value is -3.20. The zero-order valence-electron chi connectivity index (χ0n) is 20.8. The second kappa shape index (κ2) is 11.3. The fraction of sp³-hybridized carbons (Fsp3) is 0.312. The molecule has 0 N–H and O–H groups in total. The lowest BCUT2D eigenvalue weighted by Gasteiger charge is -2.20. The summed E-state index contributed by atoms with van der Waals surface area (Å²) in [4.78, 5) is 0. The third kappa shape index (κ3) is 5.30. The third-order valence-corrected chi connectivity index (χ3v) is 12.0. The number of para-hydroxylation sites is 2. The molecule has 4 aromatic rings. The highest BCUT2D eigenvalue weighted by molar-refractivity contribution is 6.87. The second-order valence-electron chi connectivity index (χ2n) is 9.13. The molecule has 0 aliphatic heterocycles. The van der Waals surface area contributed by atoms with Gasteiger partial charge in [-0.2, -0.15) is 0 Å². The highest BCUT2D eigenvalue weighted by Gasteiger charge is 2.24. The van der Waals surface area contributed by atoms with Gasteiger partial charge in [-0.25, -0.2) is 0 Å². The molecule has 0 saturated heterocycles. The van der Waals surface area contributed by atoms with Gasteiger partial charge in [-0.05, 0) is 48.7 Å². The molecule has 0 saturated carbocycles. The number of hydrogen-bond acceptors (Lipinski definition) is 0. The average Bonchev–Trinajstić information content (AvgIpc) is 3.22. The molecule has 172 valence electrons. The van der Waals surface area contributed by atoms with Crippen LogP contribution in [0.4, 0.5) is 0 Å². The van der Waals surface area contributed by atoms with Crippen LogP contribution in [0.2, 0.25) is 18.1 Å². The molecule has 0 aliphatic rings. The fourth-order valence-corrected chi connectivity index (χ4v) is 7.32. The van der Waals surface area contributed by atoms with Crippen molar-refractivity contribution in [3.8, 4) is 23.3 Å². The van der Waals surface area contributed by atoms with Crippen molar-refractivity contribution < 1.29 is 0 Å². The molecule has 3 aromatic carbocycles. The molecular formula is C32H35NSi. The van der Waals surface area contributed by atoms with E-state index in [9.17, 15) is 0 Å². The Labute approximate surface area is 206 Å². The van der Waals surface area contributed by atoms with Crippen LogP contribution in [0.5, 0.6) is 0 Å². The standard InChI is InChI=1S/C32H35NSi/c1-4-34(5-2,6-3)26-24-28(23-22-27-15-8-7-9-16-27)17-14-25-33-31-20-12-10-18-29(31)30-19-11-13-21-32(30)33/h7-13,15-16,18-21,28H,4-6,22-23,25H2,1-3H3/t28-/m1/s1. The zero-order valence-corrected chi connectivity index (χ0v) is 21.8. The van der Waals surface area contributed by atoms with Crippen LogP contribution in [0.1, 0.15) is 32.8 Å². The molecule has 2 heteroatoms. The molecule has 0 fully saturated rings. The first-order valence-electron chi connectivity index (χ1n) is 12.7. The van der Waals surface area contributed by atoms with Gasteiger partial charge in [-0.15, -0.1) is 5.54 Å². The summed E-state index contributed by atoms with van der Waals surface area (Å²) < 4.78 is 2.35. The average molecular weight is 462 g/mol. The summed E-state index contributed by atoms with van der Waals surface area (Å²) in [6, 6.07) is 31.7. The summed E-state index contributed by atoms with van der Waals surface area (Å²) in [5.41, 5.74) is 7.66. The Kier molecular flexibility index (Phi) is 7.94. The van der Waals surface area contributed by atoms with Gasteiger partial charge in [0.2, 0.25) is 0 Å². The number of benzene rings is 3. The summed E-state index contributed by atoms with van der Waals surface area (Å²) in [6.07, 6.45) is 2.00. The Balaban J connectivity index is 1.63. The van der Waals surface area contributed by atoms with Crippen LogP contribution in [0.3, 0.4) is 0 Å². The number of fused-ring (bicyclic) bond motifs is 3. The molecule has 0 aliphatic carbocycles. The lowest BCUT2D eigenvalue weighted by atomic mass is 10.0. The lowest BCUT2D eigenvalue weighted by molar-refractivity contribution is 0.746. The molecule has 1 atom stereocenters. The van der Waals surface area contributed by atoms with E-state index in [2.05, 4.69) is 128 Å². The number of rotatable bonds is 7. The van der Waals surface area contributed by atoms with Crippen LogP contribution in [0.25, 0.3) is 21.8 Å². The van der Waals surface area contributed by atoms with Crippen molar-refractivity contribution in [3.63, 3.8) is 0 Å². The topological polar surface area (TPSA) is 4.93 Å². The molecule has 0 radical (unpaired) electrons. The van der Waals surface area contributed by atoms with Crippen LogP contribution >= 0.6 is 0 Å². The number of aryl methyl sites for hydroxylation is 1. The third-order valence-electron chi connectivity index (χ3n) is 7.30. The Morgan fingerprint density at radius 3 is 1.85 bits per heavy atom. The number of nitrogens with zero attached hydrogens (tertiary/aromatic N) is 1. The van der Waals surface area contributed by atoms with E-state index in [1.54, 1.807) is 0 Å². The van der Waals surface area contributed by atoms with Crippen molar-refractivity contribution in [1.82, 2.24) is 4.57 Å². The monoisotopic (exact) mass is 461 g/mol. The van der Waals surface area contributed by atoms with E-state index in [1.807, 2.05) is 0 Å². The van der Waals surface area contributed by atoms with E-state index in [4.69, 9.17) is 0 Å². The molecule has 1 aromatic heterocycles. The zero-order chi connectivity index (χ0) is 23.8. The molecule has 1 heterocycles. The molecule has 34 heavy (non-hydrogen) atoms. The maximum atomic E-state index is 3.80. The van der Waals surface area contributed by atoms with Crippen LogP contribution in [0.15, 0.2) is 78.9 Å². The van der Waals surface area contributed by atoms with E-state index in [0.717, 1.165) is 12.8 Å². The molecule has 0 amide bonds. The quantitative estimate of drug-likeness (QED) is 0.193. The van der Waals surface area contributed by atoms with Gasteiger partial charge in [0.15, 0.2) is 0 Å². The van der Waals surface area contributed by atoms with E-state index >= 15 is 0 Å². The first kappa shape index (κ1) is 23.9. The summed E-state index contributed by atoms with van der Waals surface area (Å²) in [6.45, 7) is 7.65. The highest BCUT2D eigenvalue weighted by Crippen LogP contribution is 2.28. The number of hydrogen-bond donors (Lipinski definition) is 0. The Bertz CT molecular complexity index is 1290. The predicted octanol–water partition coefficient (Wildman–Crippen LogP) is 8.10. The molecular weight excluding hydrogens is 426 g/mol. The number of aromatic nitrogens is 1. The van der Waals surface area contributed by atoms with Gasteiger partial charge in [0.25, 0.3) is 0 Å². The normalized spacial score (nSPS) is 12.1. The van der Waals surface area contributed by atoms with Gasteiger partial charge in [0, 0.05) is 21.8 Å². The maximum absolute atomic E-state index is 3.80. The van der Waals surface area contributed by atoms with Crippen molar-refractivity contribution in [2.24, 2.45) is 5.92 Å². The van der Waals surface area contributed by atoms with Crippen molar-refractivity contribution in [2.45, 2.75) is 58.3 Å². The summed E-state index contributed by atoms with van der Waals surface area (Å²) in [5, 5.41) is 2.59. The van der Waals surface area contributed by atoms with Gasteiger partial charge in [0.05, 0.1) is 12.5 Å². The lowest BCUT2D eigenvalue weighted by Crippen LogP contribution is -2.29. The Morgan fingerprint density at radius 2 is 1.26 bits per heavy atom. The van der Waals surface area contributed by atoms with Gasteiger partial charge >= 0.3 is 0 Å². The molecule has 0 bridgehead atoms. The molecule has 4 rings (SSSR count). The van der Waals surface area contributed by atoms with Crippen LogP contribution in [-0.2, 0) is 13.0 Å². The minimum atomic E-state index is -1.49. The predicted molar refractivity (Wildman–Crippen MR) is 150 cm³/mol. The van der Waals surface area contributed by atoms with Crippen LogP contribution in [-0.4, -0.2) is 12.6 Å². The first-order chi connectivity index (χ1) is 16.7. The van der Waals surface area contributed by atoms with Gasteiger partial charge in [0.1, 0.15) is 8.07 Å². The minimum Gasteiger partial charge on any atom is -0.329 e. The molecule has 0 spiro atoms. The molecule has 0 unspecified atom stereocenters. The van der Waals surface area contributed by atoms with Gasteiger partial charge in [-0.3, -0.25) is 0 Å². The van der Waals surface area contributed by atoms with E-state index < -0.39 is 8.07 Å². The maximum Gasteiger partial charge on any atom is 0.137 e. The summed E-state index contributed by atoms with van der Waals surface area (Å²) >= 11 is 0. The van der Waals surface area contributed by atoms with Crippen LogP contribution in [0, 0.1) is 29.2 Å². The fourth-order valence-electron chi connectivity index (χ4n) is 4.81. The smallest absolute Gasteiger partial charge is 0.137 e. The minimum absolute atomic E-state index is 0.116.